The lowest BCUT2D eigenvalue weighted by Crippen LogP contribution is -2.16. The third kappa shape index (κ3) is 24.0. The molecule has 0 atom stereocenters. The molecule has 2 aliphatic carbocycles. The summed E-state index contributed by atoms with van der Waals surface area (Å²) in [6.07, 6.45) is 19.1. The third-order valence-corrected chi connectivity index (χ3v) is 21.9. The van der Waals surface area contributed by atoms with E-state index in [4.69, 9.17) is 72.3 Å². The average molecular weight is 1640 g/mol. The van der Waals surface area contributed by atoms with Crippen LogP contribution in [0, 0.1) is 0 Å². The number of hydrogen-bond acceptors (Lipinski definition) is 17. The Morgan fingerprint density at radius 3 is 0.650 bits per heavy atom. The van der Waals surface area contributed by atoms with Gasteiger partial charge in [0.2, 0.25) is 11.8 Å². The first-order valence-electron chi connectivity index (χ1n) is 44.1. The molecule has 21 nitrogen and oxygen atoms in total. The number of carbonyl (C=O) groups excluding carboxylic acids is 3. The van der Waals surface area contributed by atoms with Gasteiger partial charge in [-0.3, -0.25) is 14.4 Å². The summed E-state index contributed by atoms with van der Waals surface area (Å²) in [6.45, 7) is 21.0. The van der Waals surface area contributed by atoms with Gasteiger partial charge in [-0.1, -0.05) is 107 Å². The van der Waals surface area contributed by atoms with Crippen molar-refractivity contribution in [2.45, 2.75) is 229 Å². The zero-order valence-electron chi connectivity index (χ0n) is 72.5. The molecule has 21 heteroatoms. The number of nitrogen functional groups attached to an aromatic ring is 6. The fraction of sp³-hybridized carbons (Fsp3) is 0.444. The maximum Gasteiger partial charge on any atom is 0.272 e. The van der Waals surface area contributed by atoms with Crippen molar-refractivity contribution >= 4 is 68.9 Å². The number of anilines is 9. The van der Waals surface area contributed by atoms with E-state index >= 15 is 4.79 Å². The quantitative estimate of drug-likeness (QED) is 0.0127. The van der Waals surface area contributed by atoms with Crippen LogP contribution in [0.5, 0.6) is 46.0 Å². The van der Waals surface area contributed by atoms with Gasteiger partial charge in [-0.25, -0.2) is 0 Å². The van der Waals surface area contributed by atoms with Crippen molar-refractivity contribution in [2.75, 3.05) is 103 Å². The number of ether oxygens (including phenoxy) is 8. The standard InChI is InChI=1S/C99H130N10O11/c1-10-18-29-113-91-63-37-67-49-81(102)53-71(93(67)115-31-20-12-3)41-75-57-85(58-76(97(75)119-35-24-16-7)42-72-54-82(103)50-68(94(72)116-32-21-13-4)38-64(91)46-79(100)45-63)106-89(110)27-26-28-90(111)107-87-61-88(109(9)62-87)99(112)108-86-59-77-43-73-55-83(104)51-69(95(73)117-33-22-14-5)39-65-47-80(101)48-66(92(65)114-30-19-11-2)40-70-52-84(105)56-74(96(70)118-34-23-15-6)44-78(60-86)98(77)120-36-25-17-8/h45-62H,10-44,100-105H2,1-9H3,(H,106,110)(H,107,111)(H,108,112). The van der Waals surface area contributed by atoms with Crippen LogP contribution in [-0.2, 0) is 68.0 Å². The number of aromatic nitrogens is 1. The van der Waals surface area contributed by atoms with Crippen LogP contribution in [0.15, 0.2) is 109 Å². The van der Waals surface area contributed by atoms with Gasteiger partial charge in [0, 0.05) is 212 Å². The molecule has 0 fully saturated rings. The summed E-state index contributed by atoms with van der Waals surface area (Å²) in [4.78, 5) is 43.7. The van der Waals surface area contributed by atoms with Crippen LogP contribution in [0.2, 0.25) is 0 Å². The molecule has 2 aliphatic rings. The van der Waals surface area contributed by atoms with E-state index in [2.05, 4.69) is 71.3 Å². The maximum atomic E-state index is 15.0. The van der Waals surface area contributed by atoms with Gasteiger partial charge >= 0.3 is 0 Å². The van der Waals surface area contributed by atoms with Crippen molar-refractivity contribution in [3.63, 3.8) is 0 Å². The lowest BCUT2D eigenvalue weighted by Gasteiger charge is -2.24. The lowest BCUT2D eigenvalue weighted by atomic mass is 9.90. The van der Waals surface area contributed by atoms with Crippen molar-refractivity contribution in [3.05, 3.63) is 204 Å². The zero-order valence-corrected chi connectivity index (χ0v) is 72.5. The van der Waals surface area contributed by atoms with Crippen molar-refractivity contribution in [1.82, 2.24) is 4.57 Å². The second-order valence-electron chi connectivity index (χ2n) is 32.4. The first kappa shape index (κ1) is 89.4. The second-order valence-corrected chi connectivity index (χ2v) is 32.4. The Kier molecular flexibility index (Phi) is 32.9. The number of nitrogens with zero attached hydrogens (tertiary/aromatic N) is 1. The molecule has 8 aromatic carbocycles. The molecule has 3 amide bonds. The number of rotatable bonds is 40. The molecular weight excluding hydrogens is 1510 g/mol. The smallest absolute Gasteiger partial charge is 0.272 e. The van der Waals surface area contributed by atoms with E-state index in [1.807, 2.05) is 97.1 Å². The van der Waals surface area contributed by atoms with Crippen LogP contribution in [0.3, 0.4) is 0 Å². The summed E-state index contributed by atoms with van der Waals surface area (Å²) in [5, 5.41) is 9.53. The molecule has 16 bridgehead atoms. The fourth-order valence-corrected chi connectivity index (χ4v) is 16.0. The molecule has 0 radical (unpaired) electrons. The van der Waals surface area contributed by atoms with Gasteiger partial charge in [0.15, 0.2) is 0 Å². The molecule has 1 heterocycles. The van der Waals surface area contributed by atoms with Gasteiger partial charge in [0.1, 0.15) is 51.7 Å². The molecule has 0 unspecified atom stereocenters. The van der Waals surface area contributed by atoms with E-state index < -0.39 is 5.91 Å². The van der Waals surface area contributed by atoms with E-state index in [1.54, 1.807) is 23.9 Å². The van der Waals surface area contributed by atoms with Crippen LogP contribution in [-0.4, -0.2) is 75.1 Å². The number of nitrogens with two attached hydrogens (primary N) is 6. The molecule has 0 saturated carbocycles. The first-order valence-corrected chi connectivity index (χ1v) is 44.1. The van der Waals surface area contributed by atoms with Gasteiger partial charge < -0.3 is 92.8 Å². The van der Waals surface area contributed by atoms with Crippen LogP contribution < -0.4 is 88.2 Å². The molecule has 11 rings (SSSR count). The highest BCUT2D eigenvalue weighted by atomic mass is 16.5. The van der Waals surface area contributed by atoms with Crippen LogP contribution >= 0.6 is 0 Å². The largest absolute Gasteiger partial charge is 0.493 e. The normalized spacial score (nSPS) is 12.3. The van der Waals surface area contributed by atoms with E-state index in [9.17, 15) is 9.59 Å². The Balaban J connectivity index is 0.889. The Labute approximate surface area is 711 Å². The Morgan fingerprint density at radius 2 is 0.450 bits per heavy atom. The monoisotopic (exact) mass is 1630 g/mol. The minimum absolute atomic E-state index is 0.0121. The Hall–Kier alpha value is -11.4. The summed E-state index contributed by atoms with van der Waals surface area (Å²) in [6, 6.07) is 33.4. The number of amides is 3. The van der Waals surface area contributed by atoms with Crippen LogP contribution in [0.25, 0.3) is 0 Å². The fourth-order valence-electron chi connectivity index (χ4n) is 16.0. The number of fused-ring (bicyclic) bond motifs is 16. The molecule has 120 heavy (non-hydrogen) atoms. The number of unbranched alkanes of at least 4 members (excludes halogenated alkanes) is 8. The summed E-state index contributed by atoms with van der Waals surface area (Å²) in [5.41, 5.74) is 60.7. The zero-order chi connectivity index (χ0) is 85.2. The minimum Gasteiger partial charge on any atom is -0.493 e. The highest BCUT2D eigenvalue weighted by molar-refractivity contribution is 6.05. The summed E-state index contributed by atoms with van der Waals surface area (Å²) >= 11 is 0. The number of aryl methyl sites for hydroxylation is 1. The minimum atomic E-state index is -0.414. The molecule has 0 saturated heterocycles. The van der Waals surface area contributed by atoms with Crippen molar-refractivity contribution in [2.24, 2.45) is 7.05 Å². The third-order valence-electron chi connectivity index (χ3n) is 21.9. The van der Waals surface area contributed by atoms with E-state index in [-0.39, 0.29) is 36.8 Å². The molecule has 9 aromatic rings. The molecule has 0 aliphatic heterocycles. The van der Waals surface area contributed by atoms with Gasteiger partial charge in [-0.2, -0.15) is 0 Å². The molecule has 0 spiro atoms. The molecule has 15 N–H and O–H groups in total. The topological polar surface area (TPSA) is 322 Å². The molecule has 1 aromatic heterocycles. The molecule has 642 valence electrons. The molecular formula is C99H130N10O11. The van der Waals surface area contributed by atoms with Crippen LogP contribution in [0.1, 0.15) is 277 Å². The van der Waals surface area contributed by atoms with Crippen molar-refractivity contribution in [3.8, 4) is 46.0 Å². The second kappa shape index (κ2) is 44.1. The van der Waals surface area contributed by atoms with Crippen LogP contribution in [0.4, 0.5) is 51.2 Å². The van der Waals surface area contributed by atoms with Gasteiger partial charge in [0.05, 0.1) is 58.5 Å². The van der Waals surface area contributed by atoms with Gasteiger partial charge in [-0.05, 0) is 161 Å². The summed E-state index contributed by atoms with van der Waals surface area (Å²) in [7, 11) is 1.76. The number of benzene rings is 8. The maximum absolute atomic E-state index is 15.0. The highest BCUT2D eigenvalue weighted by Crippen LogP contribution is 2.46. The predicted molar refractivity (Wildman–Crippen MR) is 488 cm³/mol. The number of carbonyl (C=O) groups is 3. The van der Waals surface area contributed by atoms with Gasteiger partial charge in [-0.15, -0.1) is 0 Å². The average Bonchev–Trinajstić information content (AvgIpc) is 0.888. The Bertz CT molecular complexity index is 4780. The van der Waals surface area contributed by atoms with Gasteiger partial charge in [0.25, 0.3) is 5.91 Å². The lowest BCUT2D eigenvalue weighted by molar-refractivity contribution is -0.117. The van der Waals surface area contributed by atoms with E-state index in [0.717, 1.165) is 226 Å². The highest BCUT2D eigenvalue weighted by Gasteiger charge is 2.29. The van der Waals surface area contributed by atoms with E-state index in [0.29, 0.717) is 167 Å². The summed E-state index contributed by atoms with van der Waals surface area (Å²) in [5.74, 6) is 4.76. The number of nitrogens with one attached hydrogen (secondary N) is 3. The summed E-state index contributed by atoms with van der Waals surface area (Å²) < 4.78 is 56.8. The van der Waals surface area contributed by atoms with Crippen molar-refractivity contribution < 1.29 is 52.3 Å². The Morgan fingerprint density at radius 1 is 0.267 bits per heavy atom. The van der Waals surface area contributed by atoms with E-state index in [1.165, 1.54) is 0 Å². The predicted octanol–water partition coefficient (Wildman–Crippen LogP) is 20.3. The first-order chi connectivity index (χ1) is 58.2. The number of hydrogen-bond donors (Lipinski definition) is 9. The van der Waals surface area contributed by atoms with Crippen molar-refractivity contribution in [1.29, 1.82) is 0 Å². The SMILES string of the molecule is CCCCOc1c2cc(N)cc1Cc1cc(N)cc(c1OCCCC)Cc1cc(NC(=O)CCCC(=O)Nc3cc(C(=O)Nc4cc5c(OCCCC)c(c4)Cc4cc(N)cc(c4OCCCC)Cc4cc(N)cc(c4OCCCC)Cc4cc(N)cc(c4OCCCC)C5)n(C)c3)cc(c1OCCCC)Cc1cc(N)cc(c1OCCCC)C2.